The molecule has 0 bridgehead atoms. The maximum atomic E-state index is 13.2. The van der Waals surface area contributed by atoms with Crippen LogP contribution in [0, 0.1) is 6.92 Å². The second kappa shape index (κ2) is 24.9. The van der Waals surface area contributed by atoms with Gasteiger partial charge in [-0.25, -0.2) is 23.1 Å². The van der Waals surface area contributed by atoms with Crippen molar-refractivity contribution in [3.63, 3.8) is 0 Å². The molecular formula is C53H67N9O17P2S+2. The van der Waals surface area contributed by atoms with Crippen LogP contribution in [-0.2, 0) is 54.8 Å². The Morgan fingerprint density at radius 2 is 1.73 bits per heavy atom. The first-order chi connectivity index (χ1) is 38.7. The van der Waals surface area contributed by atoms with Gasteiger partial charge in [-0.15, -0.1) is 0 Å². The number of imidazole rings is 1. The van der Waals surface area contributed by atoms with E-state index in [1.807, 2.05) is 63.3 Å². The molecule has 0 saturated carbocycles. The molecule has 1 aliphatic carbocycles. The number of carbonyl (C=O) groups is 2. The van der Waals surface area contributed by atoms with Gasteiger partial charge in [-0.2, -0.15) is 12.7 Å². The fraction of sp³-hybridized carbons (Fsp3) is 0.396. The highest BCUT2D eigenvalue weighted by molar-refractivity contribution is 7.85. The Bertz CT molecular complexity index is 3760. The fourth-order valence-electron chi connectivity index (χ4n) is 10.3. The van der Waals surface area contributed by atoms with Gasteiger partial charge in [0.15, 0.2) is 12.4 Å². The lowest BCUT2D eigenvalue weighted by Crippen LogP contribution is -2.49. The van der Waals surface area contributed by atoms with Gasteiger partial charge in [0.1, 0.15) is 36.8 Å². The molecule has 2 aromatic carbocycles. The van der Waals surface area contributed by atoms with E-state index >= 15 is 0 Å². The first-order valence-electron chi connectivity index (χ1n) is 26.2. The molecule has 5 atom stereocenters. The molecule has 4 aliphatic rings. The molecule has 4 aromatic rings. The number of hydrogen-bond acceptors (Lipinski definition) is 16. The van der Waals surface area contributed by atoms with E-state index in [-0.39, 0.29) is 47.4 Å². The van der Waals surface area contributed by atoms with Crippen molar-refractivity contribution in [2.45, 2.75) is 95.2 Å². The average molecular weight is 1200 g/mol. The summed E-state index contributed by atoms with van der Waals surface area (Å²) >= 11 is 0. The zero-order valence-electron chi connectivity index (χ0n) is 45.8. The van der Waals surface area contributed by atoms with E-state index in [0.29, 0.717) is 25.8 Å². The summed E-state index contributed by atoms with van der Waals surface area (Å²) in [5.74, 6) is 0.888. The van der Waals surface area contributed by atoms with Gasteiger partial charge in [0.25, 0.3) is 21.6 Å². The second-order valence-electron chi connectivity index (χ2n) is 20.1. The van der Waals surface area contributed by atoms with Gasteiger partial charge in [-0.3, -0.25) is 28.2 Å². The number of alkyl carbamates (subject to hydrolysis) is 1. The number of aliphatic hydroxyl groups excluding tert-OH is 1. The summed E-state index contributed by atoms with van der Waals surface area (Å²) in [5.41, 5.74) is 10.6. The van der Waals surface area contributed by atoms with Gasteiger partial charge in [-0.1, -0.05) is 67.7 Å². The number of H-pyrrole nitrogens is 1. The van der Waals surface area contributed by atoms with E-state index < -0.39 is 74.0 Å². The summed E-state index contributed by atoms with van der Waals surface area (Å²) < 4.78 is 89.5. The molecule has 5 heterocycles. The van der Waals surface area contributed by atoms with Crippen molar-refractivity contribution >= 4 is 66.6 Å². The molecular weight excluding hydrogens is 1130 g/mol. The molecule has 82 heavy (non-hydrogen) atoms. The number of unbranched alkanes of at least 4 members (excludes halogenated alkanes) is 2. The minimum Gasteiger partial charge on any atom is -0.456 e. The van der Waals surface area contributed by atoms with Crippen LogP contribution in [0.2, 0.25) is 0 Å². The minimum atomic E-state index is -5.50. The second-order valence-corrected chi connectivity index (χ2v) is 24.4. The lowest BCUT2D eigenvalue weighted by Gasteiger charge is -2.27. The zero-order chi connectivity index (χ0) is 59.5. The number of anilines is 2. The summed E-state index contributed by atoms with van der Waals surface area (Å²) in [4.78, 5) is 75.2. The van der Waals surface area contributed by atoms with Crippen LogP contribution < -0.4 is 41.3 Å². The lowest BCUT2D eigenvalue weighted by molar-refractivity contribution is -0.745. The number of allylic oxidation sites excluding steroid dienone is 3. The lowest BCUT2D eigenvalue weighted by atomic mass is 9.83. The highest BCUT2D eigenvalue weighted by Gasteiger charge is 2.51. The molecule has 26 nitrogen and oxygen atoms in total. The monoisotopic (exact) mass is 1200 g/mol. The number of aromatic nitrogens is 4. The third kappa shape index (κ3) is 13.8. The van der Waals surface area contributed by atoms with E-state index in [2.05, 4.69) is 77.0 Å². The number of fused-ring (bicyclic) bond motifs is 3. The summed E-state index contributed by atoms with van der Waals surface area (Å²) in [6.45, 7) is 11.3. The van der Waals surface area contributed by atoms with E-state index in [1.165, 1.54) is 34.6 Å². The van der Waals surface area contributed by atoms with Crippen molar-refractivity contribution in [3.05, 3.63) is 123 Å². The van der Waals surface area contributed by atoms with Crippen molar-refractivity contribution in [1.82, 2.24) is 29.7 Å². The van der Waals surface area contributed by atoms with Gasteiger partial charge in [-0.05, 0) is 75.1 Å². The number of rotatable bonds is 22. The van der Waals surface area contributed by atoms with Crippen LogP contribution in [0.25, 0.3) is 39.9 Å². The first-order valence-corrected chi connectivity index (χ1v) is 30.7. The Balaban J connectivity index is 0.904. The van der Waals surface area contributed by atoms with Crippen molar-refractivity contribution in [2.24, 2.45) is 7.05 Å². The number of nitrogen functional groups attached to an aromatic ring is 1. The largest absolute Gasteiger partial charge is 0.481 e. The topological polar surface area (TPSA) is 365 Å². The number of aromatic amines is 1. The molecule has 2 aromatic heterocycles. The fourth-order valence-corrected chi connectivity index (χ4v) is 12.4. The Kier molecular flexibility index (Phi) is 18.6. The van der Waals surface area contributed by atoms with Crippen molar-refractivity contribution in [3.8, 4) is 22.6 Å². The first kappa shape index (κ1) is 61.2. The molecule has 0 radical (unpaired) electrons. The third-order valence-corrected chi connectivity index (χ3v) is 17.3. The molecule has 3 aliphatic heterocycles. The summed E-state index contributed by atoms with van der Waals surface area (Å²) in [6.07, 6.45) is 1.69. The van der Waals surface area contributed by atoms with Gasteiger partial charge in [0.2, 0.25) is 23.0 Å². The quantitative estimate of drug-likeness (QED) is 0.0195. The maximum absolute atomic E-state index is 13.2. The Morgan fingerprint density at radius 3 is 2.43 bits per heavy atom. The van der Waals surface area contributed by atoms with Crippen molar-refractivity contribution in [1.29, 1.82) is 0 Å². The molecule has 1 unspecified atom stereocenters. The van der Waals surface area contributed by atoms with E-state index in [1.54, 1.807) is 6.07 Å². The van der Waals surface area contributed by atoms with Crippen molar-refractivity contribution in [2.75, 3.05) is 50.0 Å². The number of nitrogens with one attached hydrogen (secondary N) is 3. The molecule has 29 heteroatoms. The minimum absolute atomic E-state index is 0.000116. The van der Waals surface area contributed by atoms with Crippen LogP contribution in [0.1, 0.15) is 76.3 Å². The number of amides is 2. The smallest absolute Gasteiger partial charge is 0.456 e. The number of nitrogens with two attached hydrogens (primary N) is 1. The normalized spacial score (nSPS) is 19.3. The SMILES string of the molecule is CC[N+](CC)=c1ccc2c(/C=C/C=C3/N(CCCCCC(=O)NCCNC(=O)O[C@@H]4[C@H](O)[C@@H](COP(=O)(O)OP(=O)(O)O)O[C@H]4[n+]4cn(C)c5c(=O)[nH]c(N)nc54)c4ccc(S(=O)(=O)O)cc4C3(C)C)c(C)c(-c3ccccc3)oc-2c1. The number of hydrogen-bond donors (Lipinski definition) is 9. The van der Waals surface area contributed by atoms with Crippen LogP contribution in [0.3, 0.4) is 0 Å². The van der Waals surface area contributed by atoms with E-state index in [4.69, 9.17) is 29.4 Å². The maximum Gasteiger partial charge on any atom is 0.481 e. The van der Waals surface area contributed by atoms with Gasteiger partial charge >= 0.3 is 27.4 Å². The van der Waals surface area contributed by atoms with Crippen LogP contribution in [0.15, 0.2) is 105 Å². The zero-order valence-corrected chi connectivity index (χ0v) is 48.4. The number of phosphoric acid groups is 2. The summed E-state index contributed by atoms with van der Waals surface area (Å²) in [7, 11) is -13.9. The van der Waals surface area contributed by atoms with E-state index in [9.17, 15) is 46.5 Å². The molecule has 1 saturated heterocycles. The predicted octanol–water partition coefficient (Wildman–Crippen LogP) is 4.51. The number of aryl methyl sites for hydroxylation is 1. The molecule has 10 N–H and O–H groups in total. The van der Waals surface area contributed by atoms with Gasteiger partial charge < -0.3 is 54.9 Å². The standard InChI is InChI=1S/C53H65N9O17P2S/c1-7-60(8-2)34-21-23-37-36(32(3)46(76-40(37)28-34)33-16-11-9-12-17-33)18-15-19-42-53(4,5)38-29-35(82(72,73)74)22-24-39(38)61(42)27-14-10-13-20-43(63)55-25-26-56-52(66)78-47-45(64)41(30-75-81(70,71)79-80(67,68)69)77-50(47)62-31-59(6)44-48(62)57-51(54)58-49(44)65/h9,11-12,15-19,21-24,28-29,31,41,45,47,50,64H,7-8,10,13-14,20,25-27,30H2,1-6H3,(H7-2,54,55,56,57,58,63,65,66,67,68,69,70,71,72,73,74)/p+2/t41-,45-,47-,50-/m1/s1. The number of aliphatic hydroxyl groups is 1. The molecule has 440 valence electrons. The molecule has 8 rings (SSSR count). The Morgan fingerprint density at radius 1 is 1.01 bits per heavy atom. The average Bonchev–Trinajstić information content (AvgIpc) is 3.59. The number of benzene rings is 3. The van der Waals surface area contributed by atoms with Crippen molar-refractivity contribution < 1.29 is 78.8 Å². The number of nitrogens with zero attached hydrogens (tertiary/aromatic N) is 5. The van der Waals surface area contributed by atoms with Gasteiger partial charge in [0.05, 0.1) is 24.6 Å². The Hall–Kier alpha value is -6.87. The van der Waals surface area contributed by atoms with Gasteiger partial charge in [0, 0.05) is 65.6 Å². The number of carbonyl (C=O) groups excluding carboxylic acids is 2. The molecule has 2 amide bonds. The van der Waals surface area contributed by atoms with Crippen LogP contribution in [0.5, 0.6) is 0 Å². The summed E-state index contributed by atoms with van der Waals surface area (Å²) in [5, 5.41) is 17.5. The van der Waals surface area contributed by atoms with E-state index in [0.717, 1.165) is 69.2 Å². The molecule has 0 spiro atoms. The highest BCUT2D eigenvalue weighted by Crippen LogP contribution is 2.58. The van der Waals surface area contributed by atoms with Crippen LogP contribution in [0.4, 0.5) is 16.4 Å². The predicted molar refractivity (Wildman–Crippen MR) is 300 cm³/mol. The van der Waals surface area contributed by atoms with Crippen LogP contribution in [-0.4, -0.2) is 117 Å². The summed E-state index contributed by atoms with van der Waals surface area (Å²) in [6, 6.07) is 20.8. The number of phosphoric ester groups is 1. The van der Waals surface area contributed by atoms with Crippen LogP contribution >= 0.6 is 15.6 Å². The highest BCUT2D eigenvalue weighted by atomic mass is 32.2. The number of ether oxygens (including phenoxy) is 2. The third-order valence-electron chi connectivity index (χ3n) is 14.3. The molecule has 1 fully saturated rings. The Labute approximate surface area is 471 Å².